The largest absolute Gasteiger partial charge is 0.322 e. The molecule has 1 aliphatic heterocycles. The van der Waals surface area contributed by atoms with Gasteiger partial charge in [-0.2, -0.15) is 5.10 Å². The highest BCUT2D eigenvalue weighted by molar-refractivity contribution is 6.29. The molecule has 0 fully saturated rings. The van der Waals surface area contributed by atoms with Crippen molar-refractivity contribution in [1.82, 2.24) is 19.7 Å². The van der Waals surface area contributed by atoms with Crippen molar-refractivity contribution < 1.29 is 13.6 Å². The number of anilines is 1. The summed E-state index contributed by atoms with van der Waals surface area (Å²) in [6, 6.07) is 6.17. The molecule has 2 aromatic heterocycles. The number of benzene rings is 1. The Morgan fingerprint density at radius 3 is 2.82 bits per heavy atom. The van der Waals surface area contributed by atoms with E-state index in [4.69, 9.17) is 11.6 Å². The van der Waals surface area contributed by atoms with Crippen molar-refractivity contribution in [2.24, 2.45) is 0 Å². The van der Waals surface area contributed by atoms with Crippen LogP contribution in [0.25, 0.3) is 11.1 Å². The Morgan fingerprint density at radius 2 is 2.07 bits per heavy atom. The number of amides is 2. The summed E-state index contributed by atoms with van der Waals surface area (Å²) >= 11 is 5.86. The summed E-state index contributed by atoms with van der Waals surface area (Å²) in [6.07, 6.45) is 3.05. The number of hydrogen-bond donors (Lipinski definition) is 1. The quantitative estimate of drug-likeness (QED) is 0.648. The van der Waals surface area contributed by atoms with Gasteiger partial charge in [-0.05, 0) is 31.2 Å². The first-order valence-corrected chi connectivity index (χ1v) is 8.99. The third-order valence-corrected chi connectivity index (χ3v) is 4.90. The highest BCUT2D eigenvalue weighted by Crippen LogP contribution is 2.31. The number of pyridine rings is 1. The zero-order valence-electron chi connectivity index (χ0n) is 14.9. The molecule has 9 heteroatoms. The van der Waals surface area contributed by atoms with Gasteiger partial charge in [-0.3, -0.25) is 4.68 Å². The Morgan fingerprint density at radius 1 is 1.25 bits per heavy atom. The van der Waals surface area contributed by atoms with Gasteiger partial charge in [0.15, 0.2) is 0 Å². The van der Waals surface area contributed by atoms with Crippen LogP contribution in [-0.2, 0) is 13.1 Å². The van der Waals surface area contributed by atoms with E-state index in [2.05, 4.69) is 15.4 Å². The topological polar surface area (TPSA) is 63.1 Å². The predicted octanol–water partition coefficient (Wildman–Crippen LogP) is 4.31. The predicted molar refractivity (Wildman–Crippen MR) is 101 cm³/mol. The third kappa shape index (κ3) is 3.43. The summed E-state index contributed by atoms with van der Waals surface area (Å²) < 4.78 is 29.2. The molecule has 0 spiro atoms. The van der Waals surface area contributed by atoms with E-state index in [1.54, 1.807) is 27.9 Å². The van der Waals surface area contributed by atoms with E-state index >= 15 is 0 Å². The molecule has 1 aliphatic rings. The van der Waals surface area contributed by atoms with Crippen LogP contribution in [-0.4, -0.2) is 31.7 Å². The molecule has 4 rings (SSSR count). The number of carbonyl (C=O) groups excluding carboxylic acids is 1. The molecule has 28 heavy (non-hydrogen) atoms. The van der Waals surface area contributed by atoms with Crippen LogP contribution in [0.4, 0.5) is 19.3 Å². The molecule has 0 aliphatic carbocycles. The Hall–Kier alpha value is -3.00. The van der Waals surface area contributed by atoms with E-state index in [1.165, 1.54) is 18.3 Å². The van der Waals surface area contributed by atoms with Crippen LogP contribution in [0, 0.1) is 11.6 Å². The molecule has 1 aromatic carbocycles. The SMILES string of the molecule is CC1Cn2ncc(-c3ccc(F)cc3F)c2CN1C(=O)Nc1ccnc(Cl)c1. The molecule has 1 N–H and O–H groups in total. The molecule has 2 amide bonds. The van der Waals surface area contributed by atoms with Gasteiger partial charge in [0.05, 0.1) is 31.0 Å². The van der Waals surface area contributed by atoms with E-state index in [-0.39, 0.29) is 29.3 Å². The number of fused-ring (bicyclic) bond motifs is 1. The normalized spacial score (nSPS) is 16.0. The van der Waals surface area contributed by atoms with Crippen molar-refractivity contribution in [1.29, 1.82) is 0 Å². The highest BCUT2D eigenvalue weighted by atomic mass is 35.5. The summed E-state index contributed by atoms with van der Waals surface area (Å²) in [4.78, 5) is 18.3. The molecule has 3 heterocycles. The number of urea groups is 1. The Balaban J connectivity index is 1.62. The first kappa shape index (κ1) is 18.4. The van der Waals surface area contributed by atoms with Gasteiger partial charge in [-0.25, -0.2) is 18.6 Å². The van der Waals surface area contributed by atoms with E-state index in [1.807, 2.05) is 6.92 Å². The summed E-state index contributed by atoms with van der Waals surface area (Å²) in [5, 5.41) is 7.38. The standard InChI is InChI=1S/C19H16ClF2N5O/c1-11-9-27-17(15(8-24-27)14-3-2-12(21)6-16(14)22)10-26(11)19(28)25-13-4-5-23-18(20)7-13/h2-8,11H,9-10H2,1H3,(H,23,25,28). The maximum atomic E-state index is 14.3. The molecule has 6 nitrogen and oxygen atoms in total. The number of rotatable bonds is 2. The fourth-order valence-electron chi connectivity index (χ4n) is 3.28. The second kappa shape index (κ2) is 7.20. The summed E-state index contributed by atoms with van der Waals surface area (Å²) in [7, 11) is 0. The van der Waals surface area contributed by atoms with Crippen molar-refractivity contribution in [2.75, 3.05) is 5.32 Å². The monoisotopic (exact) mass is 403 g/mol. The van der Waals surface area contributed by atoms with Gasteiger partial charge in [-0.15, -0.1) is 0 Å². The molecular formula is C19H16ClF2N5O. The van der Waals surface area contributed by atoms with Crippen LogP contribution in [0.15, 0.2) is 42.7 Å². The fraction of sp³-hybridized carbons (Fsp3) is 0.211. The van der Waals surface area contributed by atoms with Crippen LogP contribution in [0.5, 0.6) is 0 Å². The zero-order valence-corrected chi connectivity index (χ0v) is 15.6. The van der Waals surface area contributed by atoms with Crippen molar-refractivity contribution in [2.45, 2.75) is 26.1 Å². The van der Waals surface area contributed by atoms with Crippen molar-refractivity contribution in [3.05, 3.63) is 65.2 Å². The second-order valence-electron chi connectivity index (χ2n) is 6.59. The Bertz CT molecular complexity index is 1050. The minimum atomic E-state index is -0.670. The van der Waals surface area contributed by atoms with Gasteiger partial charge in [0.1, 0.15) is 16.8 Å². The average molecular weight is 404 g/mol. The number of halogens is 3. The van der Waals surface area contributed by atoms with Crippen LogP contribution in [0.1, 0.15) is 12.6 Å². The summed E-state index contributed by atoms with van der Waals surface area (Å²) in [5.74, 6) is -1.32. The number of hydrogen-bond acceptors (Lipinski definition) is 3. The minimum Gasteiger partial charge on any atom is -0.314 e. The molecule has 0 radical (unpaired) electrons. The molecule has 3 aromatic rings. The first-order valence-electron chi connectivity index (χ1n) is 8.61. The van der Waals surface area contributed by atoms with E-state index in [9.17, 15) is 13.6 Å². The maximum absolute atomic E-state index is 14.3. The smallest absolute Gasteiger partial charge is 0.314 e. The van der Waals surface area contributed by atoms with Crippen molar-refractivity contribution in [3.8, 4) is 11.1 Å². The lowest BCUT2D eigenvalue weighted by atomic mass is 10.0. The lowest BCUT2D eigenvalue weighted by Crippen LogP contribution is -2.47. The van der Waals surface area contributed by atoms with Crippen molar-refractivity contribution >= 4 is 23.3 Å². The highest BCUT2D eigenvalue weighted by Gasteiger charge is 2.30. The molecule has 0 saturated heterocycles. The Labute approximate surface area is 164 Å². The molecule has 144 valence electrons. The molecule has 0 saturated carbocycles. The lowest BCUT2D eigenvalue weighted by molar-refractivity contribution is 0.162. The molecular weight excluding hydrogens is 388 g/mol. The zero-order chi connectivity index (χ0) is 19.8. The molecule has 1 atom stereocenters. The van der Waals surface area contributed by atoms with Gasteiger partial charge in [-0.1, -0.05) is 11.6 Å². The van der Waals surface area contributed by atoms with Crippen LogP contribution in [0.2, 0.25) is 5.15 Å². The maximum Gasteiger partial charge on any atom is 0.322 e. The molecule has 0 bridgehead atoms. The average Bonchev–Trinajstić information content (AvgIpc) is 3.03. The van der Waals surface area contributed by atoms with E-state index in [0.717, 1.165) is 6.07 Å². The van der Waals surface area contributed by atoms with E-state index in [0.29, 0.717) is 23.5 Å². The molecule has 1 unspecified atom stereocenters. The van der Waals surface area contributed by atoms with Gasteiger partial charge in [0.25, 0.3) is 0 Å². The lowest BCUT2D eigenvalue weighted by Gasteiger charge is -2.34. The number of carbonyl (C=O) groups is 1. The van der Waals surface area contributed by atoms with Crippen LogP contribution >= 0.6 is 11.6 Å². The first-order chi connectivity index (χ1) is 13.4. The van der Waals surface area contributed by atoms with Gasteiger partial charge < -0.3 is 10.2 Å². The summed E-state index contributed by atoms with van der Waals surface area (Å²) in [6.45, 7) is 2.60. The number of nitrogens with one attached hydrogen (secondary N) is 1. The van der Waals surface area contributed by atoms with Crippen LogP contribution < -0.4 is 5.32 Å². The third-order valence-electron chi connectivity index (χ3n) is 4.70. The van der Waals surface area contributed by atoms with E-state index < -0.39 is 11.6 Å². The van der Waals surface area contributed by atoms with Crippen molar-refractivity contribution in [3.63, 3.8) is 0 Å². The number of nitrogens with zero attached hydrogens (tertiary/aromatic N) is 4. The number of aromatic nitrogens is 3. The van der Waals surface area contributed by atoms with Crippen LogP contribution in [0.3, 0.4) is 0 Å². The van der Waals surface area contributed by atoms with Gasteiger partial charge in [0, 0.05) is 29.1 Å². The van der Waals surface area contributed by atoms with Gasteiger partial charge >= 0.3 is 6.03 Å². The Kier molecular flexibility index (Phi) is 4.72. The van der Waals surface area contributed by atoms with Gasteiger partial charge in [0.2, 0.25) is 0 Å². The minimum absolute atomic E-state index is 0.129. The second-order valence-corrected chi connectivity index (χ2v) is 6.97. The summed E-state index contributed by atoms with van der Waals surface area (Å²) in [5.41, 5.74) is 2.00. The fourth-order valence-corrected chi connectivity index (χ4v) is 3.46.